The van der Waals surface area contributed by atoms with E-state index in [1.165, 1.54) is 0 Å². The van der Waals surface area contributed by atoms with E-state index in [0.29, 0.717) is 24.3 Å². The highest BCUT2D eigenvalue weighted by molar-refractivity contribution is 6.62. The summed E-state index contributed by atoms with van der Waals surface area (Å²) in [4.78, 5) is 31.7. The van der Waals surface area contributed by atoms with Gasteiger partial charge in [-0.05, 0) is 74.3 Å². The molecule has 2 saturated heterocycles. The van der Waals surface area contributed by atoms with E-state index in [2.05, 4.69) is 10.3 Å². The molecule has 0 spiro atoms. The Morgan fingerprint density at radius 1 is 1.22 bits per heavy atom. The van der Waals surface area contributed by atoms with Crippen molar-refractivity contribution in [2.75, 3.05) is 13.1 Å². The molecule has 1 aromatic heterocycles. The van der Waals surface area contributed by atoms with Gasteiger partial charge in [-0.1, -0.05) is 0 Å². The van der Waals surface area contributed by atoms with E-state index in [9.17, 15) is 9.59 Å². The minimum atomic E-state index is -0.581. The highest BCUT2D eigenvalue weighted by Crippen LogP contribution is 2.36. The number of carbonyl (C=O) groups is 2. The van der Waals surface area contributed by atoms with E-state index >= 15 is 0 Å². The molecular formula is C23H36BN3O5. The van der Waals surface area contributed by atoms with Crippen molar-refractivity contribution < 1.29 is 23.6 Å². The number of ether oxygens (including phenoxy) is 1. The van der Waals surface area contributed by atoms with Gasteiger partial charge < -0.3 is 24.3 Å². The number of amides is 2. The summed E-state index contributed by atoms with van der Waals surface area (Å²) in [5.41, 5.74) is 0.385. The van der Waals surface area contributed by atoms with Crippen molar-refractivity contribution in [1.29, 1.82) is 0 Å². The number of piperidine rings is 1. The Morgan fingerprint density at radius 2 is 1.84 bits per heavy atom. The predicted molar refractivity (Wildman–Crippen MR) is 123 cm³/mol. The molecule has 1 aromatic rings. The molecular weight excluding hydrogens is 409 g/mol. The van der Waals surface area contributed by atoms with Gasteiger partial charge in [-0.15, -0.1) is 0 Å². The van der Waals surface area contributed by atoms with Crippen LogP contribution in [0.1, 0.15) is 77.4 Å². The number of likely N-dealkylation sites (tertiary alicyclic amines) is 1. The summed E-state index contributed by atoms with van der Waals surface area (Å²) in [6.07, 6.45) is 2.85. The van der Waals surface area contributed by atoms with Crippen molar-refractivity contribution in [3.63, 3.8) is 0 Å². The minimum absolute atomic E-state index is 0.107. The molecule has 0 unspecified atom stereocenters. The summed E-state index contributed by atoms with van der Waals surface area (Å²) < 4.78 is 17.6. The number of hydrogen-bond donors (Lipinski definition) is 1. The molecule has 0 radical (unpaired) electrons. The number of pyridine rings is 1. The van der Waals surface area contributed by atoms with Crippen LogP contribution in [0.25, 0.3) is 0 Å². The molecule has 2 fully saturated rings. The maximum atomic E-state index is 13.4. The van der Waals surface area contributed by atoms with E-state index in [1.807, 2.05) is 61.5 Å². The van der Waals surface area contributed by atoms with Crippen LogP contribution in [0.3, 0.4) is 0 Å². The van der Waals surface area contributed by atoms with Crippen LogP contribution in [0.5, 0.6) is 0 Å². The van der Waals surface area contributed by atoms with Crippen LogP contribution < -0.4 is 10.8 Å². The molecule has 1 N–H and O–H groups in total. The molecule has 0 aromatic carbocycles. The second-order valence-corrected chi connectivity index (χ2v) is 10.7. The summed E-state index contributed by atoms with van der Waals surface area (Å²) in [5, 5.41) is 2.89. The number of nitrogens with one attached hydrogen (secondary N) is 1. The van der Waals surface area contributed by atoms with Crippen molar-refractivity contribution in [2.45, 2.75) is 91.1 Å². The number of alkyl carbamates (subject to hydrolysis) is 1. The van der Waals surface area contributed by atoms with Crippen LogP contribution in [0.4, 0.5) is 4.79 Å². The lowest BCUT2D eigenvalue weighted by atomic mass is 9.79. The molecule has 2 aliphatic heterocycles. The Balaban J connectivity index is 1.72. The molecule has 2 amide bonds. The summed E-state index contributed by atoms with van der Waals surface area (Å²) in [6.45, 7) is 16.3. The Bertz CT molecular complexity index is 865. The Morgan fingerprint density at radius 3 is 2.44 bits per heavy atom. The summed E-state index contributed by atoms with van der Waals surface area (Å²) in [7, 11) is -0.581. The first-order valence-electron chi connectivity index (χ1n) is 11.3. The van der Waals surface area contributed by atoms with Gasteiger partial charge in [0, 0.05) is 36.5 Å². The van der Waals surface area contributed by atoms with Crippen molar-refractivity contribution >= 4 is 24.6 Å². The number of aromatic nitrogens is 1. The van der Waals surface area contributed by atoms with E-state index in [4.69, 9.17) is 14.0 Å². The fourth-order valence-corrected chi connectivity index (χ4v) is 3.80. The van der Waals surface area contributed by atoms with Gasteiger partial charge in [0.1, 0.15) is 5.60 Å². The summed E-state index contributed by atoms with van der Waals surface area (Å²) >= 11 is 0. The zero-order valence-corrected chi connectivity index (χ0v) is 20.6. The standard InChI is InChI=1S/C23H36BN3O5/c1-15-18(12-16(13-25-15)24-31-22(5,6)23(7,8)32-24)19(28)27-11-9-10-17(14-27)26-20(29)30-21(2,3)4/h12-13,17H,9-11,14H2,1-8H3,(H,26,29)/t17-/m0/s1. The zero-order valence-electron chi connectivity index (χ0n) is 20.6. The molecule has 3 heterocycles. The molecule has 2 aliphatic rings. The summed E-state index contributed by atoms with van der Waals surface area (Å²) in [6, 6.07) is 1.67. The van der Waals surface area contributed by atoms with E-state index in [1.54, 1.807) is 11.1 Å². The van der Waals surface area contributed by atoms with Gasteiger partial charge >= 0.3 is 13.2 Å². The molecule has 32 heavy (non-hydrogen) atoms. The minimum Gasteiger partial charge on any atom is -0.444 e. The van der Waals surface area contributed by atoms with Crippen LogP contribution in [-0.2, 0) is 14.0 Å². The van der Waals surface area contributed by atoms with Crippen molar-refractivity contribution in [3.8, 4) is 0 Å². The van der Waals surface area contributed by atoms with Crippen molar-refractivity contribution in [3.05, 3.63) is 23.5 Å². The van der Waals surface area contributed by atoms with Crippen molar-refractivity contribution in [2.24, 2.45) is 0 Å². The molecule has 0 saturated carbocycles. The maximum Gasteiger partial charge on any atom is 0.496 e. The largest absolute Gasteiger partial charge is 0.496 e. The summed E-state index contributed by atoms with van der Waals surface area (Å²) in [5.74, 6) is -0.107. The lowest BCUT2D eigenvalue weighted by molar-refractivity contribution is 0.00578. The SMILES string of the molecule is Cc1ncc(B2OC(C)(C)C(C)(C)O2)cc1C(=O)N1CCC[C@H](NC(=O)OC(C)(C)C)C1. The number of rotatable bonds is 3. The van der Waals surface area contributed by atoms with Crippen LogP contribution >= 0.6 is 0 Å². The number of carbonyl (C=O) groups excluding carboxylic acids is 2. The van der Waals surface area contributed by atoms with Crippen LogP contribution in [0, 0.1) is 6.92 Å². The van der Waals surface area contributed by atoms with Gasteiger partial charge in [-0.25, -0.2) is 4.79 Å². The first-order chi connectivity index (χ1) is 14.7. The smallest absolute Gasteiger partial charge is 0.444 e. The second kappa shape index (κ2) is 8.67. The van der Waals surface area contributed by atoms with Gasteiger partial charge in [-0.3, -0.25) is 9.78 Å². The van der Waals surface area contributed by atoms with Gasteiger partial charge in [0.15, 0.2) is 0 Å². The Labute approximate surface area is 191 Å². The average molecular weight is 445 g/mol. The zero-order chi connectivity index (χ0) is 23.9. The Hall–Kier alpha value is -2.13. The third kappa shape index (κ3) is 5.43. The van der Waals surface area contributed by atoms with Crippen LogP contribution in [0.2, 0.25) is 0 Å². The third-order valence-corrected chi connectivity index (χ3v) is 6.29. The lowest BCUT2D eigenvalue weighted by Gasteiger charge is -2.34. The fraction of sp³-hybridized carbons (Fsp3) is 0.696. The molecule has 0 bridgehead atoms. The average Bonchev–Trinajstić information content (AvgIpc) is 2.87. The molecule has 176 valence electrons. The quantitative estimate of drug-likeness (QED) is 0.720. The van der Waals surface area contributed by atoms with Crippen LogP contribution in [0.15, 0.2) is 12.3 Å². The molecule has 3 rings (SSSR count). The maximum absolute atomic E-state index is 13.4. The normalized spacial score (nSPS) is 22.6. The van der Waals surface area contributed by atoms with E-state index in [-0.39, 0.29) is 11.9 Å². The second-order valence-electron chi connectivity index (χ2n) is 10.7. The van der Waals surface area contributed by atoms with Crippen molar-refractivity contribution in [1.82, 2.24) is 15.2 Å². The topological polar surface area (TPSA) is 90.0 Å². The predicted octanol–water partition coefficient (Wildman–Crippen LogP) is 2.82. The number of nitrogens with zero attached hydrogens (tertiary/aromatic N) is 2. The fourth-order valence-electron chi connectivity index (χ4n) is 3.80. The first-order valence-corrected chi connectivity index (χ1v) is 11.3. The van der Waals surface area contributed by atoms with Gasteiger partial charge in [0.2, 0.25) is 0 Å². The van der Waals surface area contributed by atoms with Gasteiger partial charge in [-0.2, -0.15) is 0 Å². The molecule has 8 nitrogen and oxygen atoms in total. The lowest BCUT2D eigenvalue weighted by Crippen LogP contribution is -2.50. The monoisotopic (exact) mass is 445 g/mol. The number of hydrogen-bond acceptors (Lipinski definition) is 6. The first kappa shape index (κ1) is 24.5. The number of aryl methyl sites for hydroxylation is 1. The Kier molecular flexibility index (Phi) is 6.64. The third-order valence-electron chi connectivity index (χ3n) is 6.29. The van der Waals surface area contributed by atoms with Gasteiger partial charge in [0.25, 0.3) is 5.91 Å². The molecule has 0 aliphatic carbocycles. The van der Waals surface area contributed by atoms with Gasteiger partial charge in [0.05, 0.1) is 16.8 Å². The van der Waals surface area contributed by atoms with E-state index < -0.39 is 30.0 Å². The highest BCUT2D eigenvalue weighted by Gasteiger charge is 2.52. The molecule has 1 atom stereocenters. The molecule has 9 heteroatoms. The van der Waals surface area contributed by atoms with E-state index in [0.717, 1.165) is 18.3 Å². The van der Waals surface area contributed by atoms with Crippen LogP contribution in [-0.4, -0.2) is 64.9 Å². The highest BCUT2D eigenvalue weighted by atomic mass is 16.7.